The molecule has 2 aromatic carbocycles. The summed E-state index contributed by atoms with van der Waals surface area (Å²) in [5.74, 6) is -1.03. The molecule has 4 atom stereocenters. The number of carboxylic acids is 1. The number of carboxylic acid groups (broad SMARTS) is 1. The molecule has 1 heterocycles. The number of aliphatic carboxylic acids is 1. The van der Waals surface area contributed by atoms with Crippen molar-refractivity contribution in [2.24, 2.45) is 5.92 Å². The molecule has 1 unspecified atom stereocenters. The molecule has 186 valence electrons. The molecule has 0 aliphatic carbocycles. The van der Waals surface area contributed by atoms with Crippen molar-refractivity contribution >= 4 is 17.6 Å². The van der Waals surface area contributed by atoms with E-state index in [4.69, 9.17) is 21.4 Å². The van der Waals surface area contributed by atoms with Crippen LogP contribution in [0.1, 0.15) is 38.3 Å². The van der Waals surface area contributed by atoms with Gasteiger partial charge in [0, 0.05) is 48.4 Å². The van der Waals surface area contributed by atoms with Crippen LogP contribution in [0.15, 0.2) is 42.5 Å². The lowest BCUT2D eigenvalue weighted by molar-refractivity contribution is -0.136. The second-order valence-corrected chi connectivity index (χ2v) is 10.1. The molecule has 8 heteroatoms. The van der Waals surface area contributed by atoms with Crippen molar-refractivity contribution in [1.29, 1.82) is 0 Å². The molecular weight excluding hydrogens is 459 g/mol. The van der Waals surface area contributed by atoms with Gasteiger partial charge in [-0.1, -0.05) is 36.7 Å². The number of aliphatic hydroxyl groups is 1. The van der Waals surface area contributed by atoms with Crippen molar-refractivity contribution in [3.63, 3.8) is 0 Å². The molecule has 3 N–H and O–H groups in total. The summed E-state index contributed by atoms with van der Waals surface area (Å²) in [5.41, 5.74) is 0.388. The van der Waals surface area contributed by atoms with Crippen LogP contribution < -0.4 is 10.1 Å². The Hall–Kier alpha value is -2.19. The van der Waals surface area contributed by atoms with E-state index in [1.807, 2.05) is 12.1 Å². The van der Waals surface area contributed by atoms with Gasteiger partial charge in [-0.15, -0.1) is 0 Å². The van der Waals surface area contributed by atoms with Gasteiger partial charge in [-0.05, 0) is 49.9 Å². The number of hydrogen-bond donors (Lipinski definition) is 3. The summed E-state index contributed by atoms with van der Waals surface area (Å²) < 4.78 is 19.3. The Bertz CT molecular complexity index is 970. The first kappa shape index (κ1) is 26.4. The molecule has 0 amide bonds. The third-order valence-electron chi connectivity index (χ3n) is 6.38. The van der Waals surface area contributed by atoms with Crippen molar-refractivity contribution in [2.45, 2.75) is 57.8 Å². The number of carbonyl (C=O) groups is 1. The maximum Gasteiger partial charge on any atom is 0.307 e. The van der Waals surface area contributed by atoms with Crippen LogP contribution in [-0.4, -0.2) is 58.5 Å². The lowest BCUT2D eigenvalue weighted by Gasteiger charge is -2.43. The molecule has 1 saturated heterocycles. The number of rotatable bonds is 10. The first-order chi connectivity index (χ1) is 16.0. The van der Waals surface area contributed by atoms with Gasteiger partial charge in [-0.25, -0.2) is 4.39 Å². The highest BCUT2D eigenvalue weighted by atomic mass is 35.5. The number of nitrogens with one attached hydrogen (secondary N) is 1. The fraction of sp³-hybridized carbons (Fsp3) is 0.500. The fourth-order valence-corrected chi connectivity index (χ4v) is 4.49. The maximum atomic E-state index is 13.6. The Labute approximate surface area is 205 Å². The molecule has 1 aliphatic rings. The standard InChI is InChI=1S/C26H34ClFN2O4/c1-17-13-30(14-19-4-7-21(27)8-5-19)18(2)10-23(17)29-15-26(3,33)16-34-24-12-22(28)9-6-20(24)11-25(31)32/h4-9,12,17-18,23,29,33H,10-11,13-16H2,1-3H3,(H,31,32)/t17-,18+,23-,26?/m1/s1. The third kappa shape index (κ3) is 7.67. The second kappa shape index (κ2) is 11.5. The van der Waals surface area contributed by atoms with Gasteiger partial charge in [0.1, 0.15) is 23.8 Å². The molecule has 6 nitrogen and oxygen atoms in total. The van der Waals surface area contributed by atoms with Crippen molar-refractivity contribution in [3.05, 3.63) is 64.4 Å². The van der Waals surface area contributed by atoms with Gasteiger partial charge in [0.2, 0.25) is 0 Å². The zero-order chi connectivity index (χ0) is 24.9. The molecule has 1 fully saturated rings. The highest BCUT2D eigenvalue weighted by Crippen LogP contribution is 2.26. The van der Waals surface area contributed by atoms with E-state index in [-0.39, 0.29) is 24.8 Å². The summed E-state index contributed by atoms with van der Waals surface area (Å²) >= 11 is 6.00. The van der Waals surface area contributed by atoms with E-state index >= 15 is 0 Å². The summed E-state index contributed by atoms with van der Waals surface area (Å²) in [4.78, 5) is 13.5. The number of halogens is 2. The molecule has 0 bridgehead atoms. The first-order valence-electron chi connectivity index (χ1n) is 11.6. The lowest BCUT2D eigenvalue weighted by Crippen LogP contribution is -2.55. The Morgan fingerprint density at radius 1 is 1.26 bits per heavy atom. The van der Waals surface area contributed by atoms with E-state index in [2.05, 4.69) is 36.2 Å². The van der Waals surface area contributed by atoms with Gasteiger partial charge in [0.15, 0.2) is 0 Å². The summed E-state index contributed by atoms with van der Waals surface area (Å²) in [6.45, 7) is 8.08. The minimum atomic E-state index is -1.21. The minimum absolute atomic E-state index is 0.0879. The number of piperidine rings is 1. The fourth-order valence-electron chi connectivity index (χ4n) is 4.36. The number of benzene rings is 2. The predicted octanol–water partition coefficient (Wildman–Crippen LogP) is 4.12. The number of likely N-dealkylation sites (tertiary alicyclic amines) is 1. The smallest absolute Gasteiger partial charge is 0.307 e. The SMILES string of the molecule is C[C@@H]1CN(Cc2ccc(Cl)cc2)[C@@H](C)C[C@H]1NCC(C)(O)COc1cc(F)ccc1CC(=O)O. The van der Waals surface area contributed by atoms with E-state index in [9.17, 15) is 14.3 Å². The van der Waals surface area contributed by atoms with Crippen LogP contribution >= 0.6 is 11.6 Å². The van der Waals surface area contributed by atoms with Crippen molar-refractivity contribution in [2.75, 3.05) is 19.7 Å². The van der Waals surface area contributed by atoms with Crippen molar-refractivity contribution in [1.82, 2.24) is 10.2 Å². The van der Waals surface area contributed by atoms with E-state index in [0.717, 1.165) is 30.6 Å². The molecule has 2 aromatic rings. The zero-order valence-corrected chi connectivity index (χ0v) is 20.7. The van der Waals surface area contributed by atoms with Crippen LogP contribution in [0, 0.1) is 11.7 Å². The molecule has 3 rings (SSSR count). The largest absolute Gasteiger partial charge is 0.490 e. The monoisotopic (exact) mass is 492 g/mol. The van der Waals surface area contributed by atoms with Crippen LogP contribution in [0.5, 0.6) is 5.75 Å². The Balaban J connectivity index is 1.52. The Morgan fingerprint density at radius 3 is 2.65 bits per heavy atom. The van der Waals surface area contributed by atoms with Crippen LogP contribution in [0.3, 0.4) is 0 Å². The van der Waals surface area contributed by atoms with E-state index in [0.29, 0.717) is 24.1 Å². The molecule has 0 spiro atoms. The van der Waals surface area contributed by atoms with Gasteiger partial charge >= 0.3 is 5.97 Å². The van der Waals surface area contributed by atoms with Gasteiger partial charge < -0.3 is 20.3 Å². The molecule has 0 saturated carbocycles. The number of hydrogen-bond acceptors (Lipinski definition) is 5. The zero-order valence-electron chi connectivity index (χ0n) is 19.9. The average Bonchev–Trinajstić information content (AvgIpc) is 2.76. The van der Waals surface area contributed by atoms with Gasteiger partial charge in [0.25, 0.3) is 0 Å². The molecule has 1 aliphatic heterocycles. The quantitative estimate of drug-likeness (QED) is 0.463. The Kier molecular flexibility index (Phi) is 8.93. The molecule has 34 heavy (non-hydrogen) atoms. The minimum Gasteiger partial charge on any atom is -0.490 e. The molecule has 0 radical (unpaired) electrons. The van der Waals surface area contributed by atoms with Crippen LogP contribution in [0.4, 0.5) is 4.39 Å². The van der Waals surface area contributed by atoms with Crippen molar-refractivity contribution in [3.8, 4) is 5.75 Å². The van der Waals surface area contributed by atoms with Gasteiger partial charge in [0.05, 0.1) is 6.42 Å². The van der Waals surface area contributed by atoms with Gasteiger partial charge in [-0.2, -0.15) is 0 Å². The van der Waals surface area contributed by atoms with E-state index < -0.39 is 17.4 Å². The topological polar surface area (TPSA) is 82.0 Å². The summed E-state index contributed by atoms with van der Waals surface area (Å²) in [6.07, 6.45) is 0.665. The maximum absolute atomic E-state index is 13.6. The predicted molar refractivity (Wildman–Crippen MR) is 131 cm³/mol. The summed E-state index contributed by atoms with van der Waals surface area (Å²) in [6, 6.07) is 12.3. The first-order valence-corrected chi connectivity index (χ1v) is 12.0. The number of ether oxygens (including phenoxy) is 1. The third-order valence-corrected chi connectivity index (χ3v) is 6.63. The average molecular weight is 493 g/mol. The van der Waals surface area contributed by atoms with Crippen LogP contribution in [0.25, 0.3) is 0 Å². The molecular formula is C26H34ClFN2O4. The van der Waals surface area contributed by atoms with E-state index in [1.165, 1.54) is 17.7 Å². The van der Waals surface area contributed by atoms with Gasteiger partial charge in [-0.3, -0.25) is 9.69 Å². The number of nitrogens with zero attached hydrogens (tertiary/aromatic N) is 1. The van der Waals surface area contributed by atoms with Crippen molar-refractivity contribution < 1.29 is 24.1 Å². The lowest BCUT2D eigenvalue weighted by atomic mass is 9.88. The summed E-state index contributed by atoms with van der Waals surface area (Å²) in [7, 11) is 0. The normalized spacial score (nSPS) is 22.8. The van der Waals surface area contributed by atoms with Crippen LogP contribution in [-0.2, 0) is 17.8 Å². The summed E-state index contributed by atoms with van der Waals surface area (Å²) in [5, 5.41) is 24.1. The highest BCUT2D eigenvalue weighted by Gasteiger charge is 2.32. The highest BCUT2D eigenvalue weighted by molar-refractivity contribution is 6.30. The second-order valence-electron chi connectivity index (χ2n) is 9.71. The Morgan fingerprint density at radius 2 is 1.97 bits per heavy atom. The van der Waals surface area contributed by atoms with E-state index in [1.54, 1.807) is 6.92 Å². The van der Waals surface area contributed by atoms with Crippen LogP contribution in [0.2, 0.25) is 5.02 Å². The molecule has 0 aromatic heterocycles.